The van der Waals surface area contributed by atoms with Crippen molar-refractivity contribution in [3.63, 3.8) is 0 Å². The summed E-state index contributed by atoms with van der Waals surface area (Å²) >= 11 is 3.40. The molecule has 0 saturated carbocycles. The molecule has 2 aromatic carbocycles. The average Bonchev–Trinajstić information content (AvgIpc) is 2.36. The fraction of sp³-hybridized carbons (Fsp3) is 0.333. The smallest absolute Gasteiger partial charge is 0.324 e. The van der Waals surface area contributed by atoms with E-state index >= 15 is 0 Å². The largest absolute Gasteiger partial charge is 0.389 e. The molecular formula is C15H15BrF3N. The first-order valence-electron chi connectivity index (χ1n) is 6.37. The Morgan fingerprint density at radius 3 is 2.40 bits per heavy atom. The lowest BCUT2D eigenvalue weighted by molar-refractivity contribution is -0.135. The molecule has 0 aliphatic carbocycles. The Morgan fingerprint density at radius 2 is 1.70 bits per heavy atom. The molecule has 1 unspecified atom stereocenters. The van der Waals surface area contributed by atoms with Crippen LogP contribution in [-0.4, -0.2) is 6.18 Å². The molecule has 5 heteroatoms. The topological polar surface area (TPSA) is 26.0 Å². The van der Waals surface area contributed by atoms with Crippen LogP contribution in [0.25, 0.3) is 10.8 Å². The van der Waals surface area contributed by atoms with Gasteiger partial charge in [0.1, 0.15) is 0 Å². The van der Waals surface area contributed by atoms with Crippen LogP contribution in [0, 0.1) is 0 Å². The molecular weight excluding hydrogens is 331 g/mol. The van der Waals surface area contributed by atoms with E-state index in [0.717, 1.165) is 20.8 Å². The number of hydrogen-bond donors (Lipinski definition) is 1. The summed E-state index contributed by atoms with van der Waals surface area (Å²) in [6.07, 6.45) is -4.48. The van der Waals surface area contributed by atoms with Gasteiger partial charge in [-0.15, -0.1) is 0 Å². The number of alkyl halides is 3. The van der Waals surface area contributed by atoms with E-state index < -0.39 is 12.6 Å². The lowest BCUT2D eigenvalue weighted by Gasteiger charge is -2.14. The van der Waals surface area contributed by atoms with Crippen LogP contribution < -0.4 is 5.73 Å². The Morgan fingerprint density at radius 1 is 1.05 bits per heavy atom. The Hall–Kier alpha value is -1.07. The van der Waals surface area contributed by atoms with Gasteiger partial charge in [0.15, 0.2) is 0 Å². The molecule has 2 aromatic rings. The predicted molar refractivity (Wildman–Crippen MR) is 78.5 cm³/mol. The maximum Gasteiger partial charge on any atom is 0.389 e. The van der Waals surface area contributed by atoms with Crippen LogP contribution in [0.15, 0.2) is 40.9 Å². The minimum absolute atomic E-state index is 0.0586. The Bertz CT molecular complexity index is 595. The van der Waals surface area contributed by atoms with Gasteiger partial charge in [0.2, 0.25) is 0 Å². The van der Waals surface area contributed by atoms with Crippen LogP contribution >= 0.6 is 15.9 Å². The van der Waals surface area contributed by atoms with Crippen molar-refractivity contribution in [3.05, 3.63) is 46.4 Å². The van der Waals surface area contributed by atoms with Gasteiger partial charge in [-0.05, 0) is 47.4 Å². The van der Waals surface area contributed by atoms with Gasteiger partial charge in [-0.25, -0.2) is 0 Å². The summed E-state index contributed by atoms with van der Waals surface area (Å²) in [5, 5.41) is 2.11. The molecule has 0 fully saturated rings. The predicted octanol–water partition coefficient (Wildman–Crippen LogP) is 5.33. The second-order valence-corrected chi connectivity index (χ2v) is 5.78. The summed E-state index contributed by atoms with van der Waals surface area (Å²) < 4.78 is 37.3. The van der Waals surface area contributed by atoms with Crippen LogP contribution in [0.3, 0.4) is 0 Å². The van der Waals surface area contributed by atoms with Crippen LogP contribution in [-0.2, 0) is 0 Å². The monoisotopic (exact) mass is 345 g/mol. The molecule has 0 aliphatic heterocycles. The lowest BCUT2D eigenvalue weighted by atomic mass is 9.98. The zero-order valence-corrected chi connectivity index (χ0v) is 12.3. The highest BCUT2D eigenvalue weighted by Gasteiger charge is 2.26. The molecule has 0 aromatic heterocycles. The highest BCUT2D eigenvalue weighted by Crippen LogP contribution is 2.27. The third-order valence-electron chi connectivity index (χ3n) is 3.23. The molecule has 2 N–H and O–H groups in total. The highest BCUT2D eigenvalue weighted by molar-refractivity contribution is 9.10. The number of nitrogens with two attached hydrogens (primary N) is 1. The third-order valence-corrected chi connectivity index (χ3v) is 3.72. The van der Waals surface area contributed by atoms with Crippen molar-refractivity contribution in [2.45, 2.75) is 31.5 Å². The Balaban J connectivity index is 2.06. The summed E-state index contributed by atoms with van der Waals surface area (Å²) in [4.78, 5) is 0. The minimum Gasteiger partial charge on any atom is -0.324 e. The molecule has 0 radical (unpaired) electrons. The van der Waals surface area contributed by atoms with Crippen molar-refractivity contribution in [3.8, 4) is 0 Å². The van der Waals surface area contributed by atoms with Crippen molar-refractivity contribution in [1.82, 2.24) is 0 Å². The number of hydrogen-bond acceptors (Lipinski definition) is 1. The molecule has 1 nitrogen and oxygen atoms in total. The van der Waals surface area contributed by atoms with Crippen LogP contribution in [0.5, 0.6) is 0 Å². The van der Waals surface area contributed by atoms with Crippen molar-refractivity contribution in [2.24, 2.45) is 5.73 Å². The van der Waals surface area contributed by atoms with E-state index in [9.17, 15) is 13.2 Å². The van der Waals surface area contributed by atoms with Gasteiger partial charge in [-0.2, -0.15) is 13.2 Å². The molecule has 0 aliphatic rings. The maximum atomic E-state index is 12.1. The molecule has 108 valence electrons. The van der Waals surface area contributed by atoms with Crippen molar-refractivity contribution < 1.29 is 13.2 Å². The molecule has 0 bridgehead atoms. The van der Waals surface area contributed by atoms with Gasteiger partial charge in [0.25, 0.3) is 0 Å². The van der Waals surface area contributed by atoms with Crippen molar-refractivity contribution >= 4 is 26.7 Å². The average molecular weight is 346 g/mol. The molecule has 0 heterocycles. The number of rotatable bonds is 4. The van der Waals surface area contributed by atoms with Gasteiger partial charge in [0, 0.05) is 16.9 Å². The van der Waals surface area contributed by atoms with Gasteiger partial charge in [-0.1, -0.05) is 34.1 Å². The van der Waals surface area contributed by atoms with E-state index in [4.69, 9.17) is 5.73 Å². The second-order valence-electron chi connectivity index (χ2n) is 4.86. The summed E-state index contributed by atoms with van der Waals surface area (Å²) in [7, 11) is 0. The first kappa shape index (κ1) is 15.3. The van der Waals surface area contributed by atoms with E-state index in [1.807, 2.05) is 36.4 Å². The van der Waals surface area contributed by atoms with Gasteiger partial charge >= 0.3 is 6.18 Å². The summed E-state index contributed by atoms with van der Waals surface area (Å²) in [6.45, 7) is 0. The number of fused-ring (bicyclic) bond motifs is 1. The molecule has 2 rings (SSSR count). The molecule has 0 spiro atoms. The fourth-order valence-corrected chi connectivity index (χ4v) is 2.53. The highest BCUT2D eigenvalue weighted by atomic mass is 79.9. The lowest BCUT2D eigenvalue weighted by Crippen LogP contribution is -2.13. The summed E-state index contributed by atoms with van der Waals surface area (Å²) in [5.41, 5.74) is 6.85. The molecule has 1 atom stereocenters. The number of halogens is 4. The summed E-state index contributed by atoms with van der Waals surface area (Å²) in [5.74, 6) is 0. The standard InChI is InChI=1S/C15H15BrF3N/c16-13-6-5-10-8-12(4-3-11(10)9-13)14(20)2-1-7-15(17,18)19/h3-6,8-9,14H,1-2,7,20H2. The van der Waals surface area contributed by atoms with E-state index in [2.05, 4.69) is 15.9 Å². The van der Waals surface area contributed by atoms with Gasteiger partial charge in [0.05, 0.1) is 0 Å². The first-order valence-corrected chi connectivity index (χ1v) is 7.16. The molecule has 0 saturated heterocycles. The van der Waals surface area contributed by atoms with E-state index in [0.29, 0.717) is 6.42 Å². The normalized spacial score (nSPS) is 13.7. The van der Waals surface area contributed by atoms with Gasteiger partial charge < -0.3 is 5.73 Å². The van der Waals surface area contributed by atoms with Crippen molar-refractivity contribution in [1.29, 1.82) is 0 Å². The SMILES string of the molecule is NC(CCCC(F)(F)F)c1ccc2cc(Br)ccc2c1. The number of benzene rings is 2. The summed E-state index contributed by atoms with van der Waals surface area (Å²) in [6, 6.07) is 11.3. The van der Waals surface area contributed by atoms with E-state index in [1.54, 1.807) is 0 Å². The van der Waals surface area contributed by atoms with Gasteiger partial charge in [-0.3, -0.25) is 0 Å². The third kappa shape index (κ3) is 4.21. The fourth-order valence-electron chi connectivity index (χ4n) is 2.15. The zero-order valence-electron chi connectivity index (χ0n) is 10.8. The van der Waals surface area contributed by atoms with Crippen molar-refractivity contribution in [2.75, 3.05) is 0 Å². The second kappa shape index (κ2) is 6.14. The first-order chi connectivity index (χ1) is 9.35. The minimum atomic E-state index is -4.10. The quantitative estimate of drug-likeness (QED) is 0.795. The molecule has 0 amide bonds. The van der Waals surface area contributed by atoms with Crippen LogP contribution in [0.1, 0.15) is 30.9 Å². The Labute approximate surface area is 124 Å². The Kier molecular flexibility index (Phi) is 4.70. The van der Waals surface area contributed by atoms with E-state index in [1.165, 1.54) is 0 Å². The van der Waals surface area contributed by atoms with Crippen LogP contribution in [0.4, 0.5) is 13.2 Å². The molecule has 20 heavy (non-hydrogen) atoms. The van der Waals surface area contributed by atoms with Crippen LogP contribution in [0.2, 0.25) is 0 Å². The van der Waals surface area contributed by atoms with E-state index in [-0.39, 0.29) is 12.5 Å². The maximum absolute atomic E-state index is 12.1. The zero-order chi connectivity index (χ0) is 14.8.